The first kappa shape index (κ1) is 15.3. The standard InChI is InChI=1S/C15H15Cl.CH3NO/c1-12(14-7-3-2-4-8-14)10-13-6-5-9-15(16)11-13;2-1-3/h2-9,11-12H,10H2,1H3;1H,(H2,2,3). The van der Waals surface area contributed by atoms with Crippen molar-refractivity contribution in [2.24, 2.45) is 5.73 Å². The second-order valence-corrected chi connectivity index (χ2v) is 4.72. The number of benzene rings is 2. The molecule has 2 aromatic carbocycles. The van der Waals surface area contributed by atoms with Gasteiger partial charge in [0.1, 0.15) is 0 Å². The van der Waals surface area contributed by atoms with Gasteiger partial charge in [0.05, 0.1) is 0 Å². The molecule has 0 aliphatic carbocycles. The first-order valence-electron chi connectivity index (χ1n) is 6.12. The minimum Gasteiger partial charge on any atom is -0.372 e. The number of amides is 1. The quantitative estimate of drug-likeness (QED) is 0.851. The molecular weight excluding hydrogens is 258 g/mol. The molecule has 2 rings (SSSR count). The lowest BCUT2D eigenvalue weighted by Gasteiger charge is -2.11. The Bertz CT molecular complexity index is 499. The molecule has 2 N–H and O–H groups in total. The Morgan fingerprint density at radius 1 is 1.16 bits per heavy atom. The van der Waals surface area contributed by atoms with Crippen molar-refractivity contribution in [3.8, 4) is 0 Å². The van der Waals surface area contributed by atoms with E-state index in [0.717, 1.165) is 11.4 Å². The monoisotopic (exact) mass is 275 g/mol. The molecule has 0 heterocycles. The highest BCUT2D eigenvalue weighted by Crippen LogP contribution is 2.21. The van der Waals surface area contributed by atoms with Crippen LogP contribution >= 0.6 is 11.6 Å². The van der Waals surface area contributed by atoms with Crippen LogP contribution in [0.2, 0.25) is 5.02 Å². The number of halogens is 1. The van der Waals surface area contributed by atoms with Crippen molar-refractivity contribution in [1.82, 2.24) is 0 Å². The molecule has 0 saturated heterocycles. The van der Waals surface area contributed by atoms with E-state index in [2.05, 4.69) is 49.1 Å². The van der Waals surface area contributed by atoms with Crippen LogP contribution in [0.1, 0.15) is 24.0 Å². The third-order valence-corrected chi connectivity index (χ3v) is 3.03. The summed E-state index contributed by atoms with van der Waals surface area (Å²) in [4.78, 5) is 8.58. The van der Waals surface area contributed by atoms with Crippen LogP contribution in [0.4, 0.5) is 0 Å². The molecule has 0 bridgehead atoms. The van der Waals surface area contributed by atoms with Crippen LogP contribution in [-0.2, 0) is 11.2 Å². The summed E-state index contributed by atoms with van der Waals surface area (Å²) in [5, 5.41) is 0.817. The van der Waals surface area contributed by atoms with E-state index in [1.807, 2.05) is 18.2 Å². The number of primary amides is 1. The lowest BCUT2D eigenvalue weighted by Crippen LogP contribution is -1.97. The van der Waals surface area contributed by atoms with Gasteiger partial charge in [-0.05, 0) is 35.6 Å². The minimum atomic E-state index is 0.250. The van der Waals surface area contributed by atoms with E-state index < -0.39 is 0 Å². The van der Waals surface area contributed by atoms with Crippen molar-refractivity contribution in [3.05, 3.63) is 70.7 Å². The van der Waals surface area contributed by atoms with Gasteiger partial charge in [0, 0.05) is 5.02 Å². The summed E-state index contributed by atoms with van der Waals surface area (Å²) in [6, 6.07) is 18.7. The van der Waals surface area contributed by atoms with Crippen molar-refractivity contribution in [1.29, 1.82) is 0 Å². The predicted octanol–water partition coefficient (Wildman–Crippen LogP) is 3.79. The third kappa shape index (κ3) is 5.58. The Hall–Kier alpha value is -1.80. The molecule has 0 fully saturated rings. The number of carbonyl (C=O) groups is 1. The highest BCUT2D eigenvalue weighted by Gasteiger charge is 2.05. The fourth-order valence-electron chi connectivity index (χ4n) is 1.92. The van der Waals surface area contributed by atoms with Crippen LogP contribution in [0.5, 0.6) is 0 Å². The molecule has 0 spiro atoms. The molecule has 0 saturated carbocycles. The number of hydrogen-bond acceptors (Lipinski definition) is 1. The zero-order valence-corrected chi connectivity index (χ0v) is 11.7. The van der Waals surface area contributed by atoms with E-state index in [1.165, 1.54) is 11.1 Å². The zero-order valence-electron chi connectivity index (χ0n) is 10.9. The summed E-state index contributed by atoms with van der Waals surface area (Å²) in [6.45, 7) is 2.25. The Kier molecular flexibility index (Phi) is 6.69. The van der Waals surface area contributed by atoms with Gasteiger partial charge >= 0.3 is 0 Å². The summed E-state index contributed by atoms with van der Waals surface area (Å²) < 4.78 is 0. The second kappa shape index (κ2) is 8.33. The summed E-state index contributed by atoms with van der Waals surface area (Å²) in [5.74, 6) is 0.527. The van der Waals surface area contributed by atoms with E-state index in [0.29, 0.717) is 5.92 Å². The number of nitrogens with two attached hydrogens (primary N) is 1. The Morgan fingerprint density at radius 2 is 1.79 bits per heavy atom. The van der Waals surface area contributed by atoms with Crippen molar-refractivity contribution in [2.45, 2.75) is 19.3 Å². The first-order chi connectivity index (χ1) is 9.17. The fraction of sp³-hybridized carbons (Fsp3) is 0.188. The van der Waals surface area contributed by atoms with Gasteiger partial charge in [0.15, 0.2) is 0 Å². The summed E-state index contributed by atoms with van der Waals surface area (Å²) in [7, 11) is 0. The predicted molar refractivity (Wildman–Crippen MR) is 80.3 cm³/mol. The molecule has 2 aromatic rings. The fourth-order valence-corrected chi connectivity index (χ4v) is 2.13. The van der Waals surface area contributed by atoms with Crippen molar-refractivity contribution in [3.63, 3.8) is 0 Å². The normalized spacial score (nSPS) is 11.1. The maximum Gasteiger partial charge on any atom is 0.204 e. The SMILES string of the molecule is CC(Cc1cccc(Cl)c1)c1ccccc1.NC=O. The minimum absolute atomic E-state index is 0.250. The number of rotatable bonds is 3. The number of hydrogen-bond donors (Lipinski definition) is 1. The van der Waals surface area contributed by atoms with Crippen LogP contribution in [0, 0.1) is 0 Å². The van der Waals surface area contributed by atoms with Crippen molar-refractivity contribution >= 4 is 18.0 Å². The molecule has 0 aliphatic heterocycles. The molecule has 2 nitrogen and oxygen atoms in total. The smallest absolute Gasteiger partial charge is 0.204 e. The van der Waals surface area contributed by atoms with Crippen LogP contribution in [0.25, 0.3) is 0 Å². The molecule has 19 heavy (non-hydrogen) atoms. The van der Waals surface area contributed by atoms with Crippen LogP contribution in [0.3, 0.4) is 0 Å². The van der Waals surface area contributed by atoms with Gasteiger partial charge in [-0.2, -0.15) is 0 Å². The maximum atomic E-state index is 8.58. The second-order valence-electron chi connectivity index (χ2n) is 4.28. The molecule has 0 radical (unpaired) electrons. The molecule has 0 aliphatic rings. The van der Waals surface area contributed by atoms with Crippen LogP contribution < -0.4 is 5.73 Å². The first-order valence-corrected chi connectivity index (χ1v) is 6.50. The molecule has 1 atom stereocenters. The number of carbonyl (C=O) groups excluding carboxylic acids is 1. The largest absolute Gasteiger partial charge is 0.372 e. The van der Waals surface area contributed by atoms with Crippen LogP contribution in [0.15, 0.2) is 54.6 Å². The van der Waals surface area contributed by atoms with E-state index >= 15 is 0 Å². The molecule has 100 valence electrons. The van der Waals surface area contributed by atoms with Gasteiger partial charge in [0.2, 0.25) is 6.41 Å². The Morgan fingerprint density at radius 3 is 2.37 bits per heavy atom. The molecule has 0 aromatic heterocycles. The molecular formula is C16H18ClNO. The van der Waals surface area contributed by atoms with Gasteiger partial charge in [0.25, 0.3) is 0 Å². The highest BCUT2D eigenvalue weighted by atomic mass is 35.5. The van der Waals surface area contributed by atoms with E-state index in [-0.39, 0.29) is 6.41 Å². The van der Waals surface area contributed by atoms with Crippen molar-refractivity contribution in [2.75, 3.05) is 0 Å². The van der Waals surface area contributed by atoms with Gasteiger partial charge in [-0.1, -0.05) is 61.0 Å². The Labute approximate surface area is 119 Å². The van der Waals surface area contributed by atoms with Gasteiger partial charge in [-0.25, -0.2) is 0 Å². The molecule has 3 heteroatoms. The summed E-state index contributed by atoms with van der Waals surface area (Å²) in [5.41, 5.74) is 6.84. The van der Waals surface area contributed by atoms with Crippen molar-refractivity contribution < 1.29 is 4.79 Å². The molecule has 1 amide bonds. The van der Waals surface area contributed by atoms with E-state index in [4.69, 9.17) is 16.4 Å². The average molecular weight is 276 g/mol. The van der Waals surface area contributed by atoms with Gasteiger partial charge in [-0.15, -0.1) is 0 Å². The van der Waals surface area contributed by atoms with E-state index in [1.54, 1.807) is 0 Å². The Balaban J connectivity index is 0.000000550. The highest BCUT2D eigenvalue weighted by molar-refractivity contribution is 6.30. The van der Waals surface area contributed by atoms with Gasteiger partial charge in [-0.3, -0.25) is 4.79 Å². The zero-order chi connectivity index (χ0) is 14.1. The average Bonchev–Trinajstić information content (AvgIpc) is 2.40. The molecule has 1 unspecified atom stereocenters. The summed E-state index contributed by atoms with van der Waals surface area (Å²) in [6.07, 6.45) is 1.28. The topological polar surface area (TPSA) is 43.1 Å². The van der Waals surface area contributed by atoms with E-state index in [9.17, 15) is 0 Å². The lowest BCUT2D eigenvalue weighted by atomic mass is 9.94. The lowest BCUT2D eigenvalue weighted by molar-refractivity contribution is -0.106. The summed E-state index contributed by atoms with van der Waals surface area (Å²) >= 11 is 5.97. The van der Waals surface area contributed by atoms with Crippen LogP contribution in [-0.4, -0.2) is 6.41 Å². The van der Waals surface area contributed by atoms with Gasteiger partial charge < -0.3 is 5.73 Å². The third-order valence-electron chi connectivity index (χ3n) is 2.80. The maximum absolute atomic E-state index is 8.58.